The normalized spacial score (nSPS) is 12.8. The number of anilines is 1. The van der Waals surface area contributed by atoms with Crippen molar-refractivity contribution >= 4 is 29.3 Å². The number of unbranched alkanes of at least 4 members (excludes halogenated alkanes) is 3. The first kappa shape index (κ1) is 20.5. The van der Waals surface area contributed by atoms with Gasteiger partial charge in [0.1, 0.15) is 0 Å². The summed E-state index contributed by atoms with van der Waals surface area (Å²) < 4.78 is 5.26. The van der Waals surface area contributed by atoms with Gasteiger partial charge in [0.2, 0.25) is 0 Å². The first-order chi connectivity index (χ1) is 13.9. The smallest absolute Gasteiger partial charge is 0.338 e. The summed E-state index contributed by atoms with van der Waals surface area (Å²) in [5, 5.41) is 0. The number of esters is 1. The standard InChI is InChI=1S/C23H23NO5/c1-3-4-5-6-12-29-23(28)17-10-11-19-20(14-17)22(27)24(21(19)26)18-9-7-8-16(13-18)15(2)25/h7-11,13-14H,3-6,12H2,1-2H3. The zero-order valence-corrected chi connectivity index (χ0v) is 16.6. The van der Waals surface area contributed by atoms with Gasteiger partial charge in [-0.25, -0.2) is 9.69 Å². The number of hydrogen-bond acceptors (Lipinski definition) is 5. The van der Waals surface area contributed by atoms with Crippen LogP contribution in [0.15, 0.2) is 42.5 Å². The molecule has 2 amide bonds. The quantitative estimate of drug-likeness (QED) is 0.287. The van der Waals surface area contributed by atoms with Gasteiger partial charge < -0.3 is 4.74 Å². The number of nitrogens with zero attached hydrogens (tertiary/aromatic N) is 1. The van der Waals surface area contributed by atoms with Gasteiger partial charge in [-0.3, -0.25) is 14.4 Å². The average Bonchev–Trinajstić information content (AvgIpc) is 2.97. The van der Waals surface area contributed by atoms with Gasteiger partial charge in [-0.2, -0.15) is 0 Å². The van der Waals surface area contributed by atoms with E-state index >= 15 is 0 Å². The molecule has 1 aliphatic rings. The molecule has 1 aliphatic heterocycles. The van der Waals surface area contributed by atoms with Crippen LogP contribution in [0.3, 0.4) is 0 Å². The molecule has 0 saturated carbocycles. The largest absolute Gasteiger partial charge is 0.462 e. The van der Waals surface area contributed by atoms with Gasteiger partial charge in [-0.1, -0.05) is 38.3 Å². The fraction of sp³-hybridized carbons (Fsp3) is 0.304. The highest BCUT2D eigenvalue weighted by atomic mass is 16.5. The number of benzene rings is 2. The molecule has 0 aliphatic carbocycles. The molecular formula is C23H23NO5. The van der Waals surface area contributed by atoms with E-state index in [1.807, 2.05) is 0 Å². The fourth-order valence-electron chi connectivity index (χ4n) is 3.24. The SMILES string of the molecule is CCCCCCOC(=O)c1ccc2c(c1)C(=O)N(c1cccc(C(C)=O)c1)C2=O. The Balaban J connectivity index is 1.79. The predicted molar refractivity (Wildman–Crippen MR) is 108 cm³/mol. The Morgan fingerprint density at radius 1 is 0.897 bits per heavy atom. The summed E-state index contributed by atoms with van der Waals surface area (Å²) in [5.41, 5.74) is 1.35. The summed E-state index contributed by atoms with van der Waals surface area (Å²) in [4.78, 5) is 50.5. The molecule has 0 atom stereocenters. The molecule has 0 fully saturated rings. The maximum atomic E-state index is 12.9. The summed E-state index contributed by atoms with van der Waals surface area (Å²) in [7, 11) is 0. The molecular weight excluding hydrogens is 370 g/mol. The number of fused-ring (bicyclic) bond motifs is 1. The summed E-state index contributed by atoms with van der Waals surface area (Å²) >= 11 is 0. The Labute approximate surface area is 169 Å². The Hall–Kier alpha value is -3.28. The van der Waals surface area contributed by atoms with Gasteiger partial charge in [-0.15, -0.1) is 0 Å². The molecule has 0 unspecified atom stereocenters. The van der Waals surface area contributed by atoms with Crippen molar-refractivity contribution in [2.75, 3.05) is 11.5 Å². The second-order valence-electron chi connectivity index (χ2n) is 7.01. The zero-order chi connectivity index (χ0) is 21.0. The second kappa shape index (κ2) is 8.82. The second-order valence-corrected chi connectivity index (χ2v) is 7.01. The Morgan fingerprint density at radius 3 is 2.38 bits per heavy atom. The van der Waals surface area contributed by atoms with Gasteiger partial charge in [0.25, 0.3) is 11.8 Å². The number of ether oxygens (including phenoxy) is 1. The minimum absolute atomic E-state index is 0.156. The number of hydrogen-bond donors (Lipinski definition) is 0. The van der Waals surface area contributed by atoms with Crippen LogP contribution in [0.25, 0.3) is 0 Å². The number of rotatable bonds is 8. The molecule has 0 spiro atoms. The van der Waals surface area contributed by atoms with Crippen LogP contribution in [-0.4, -0.2) is 30.2 Å². The molecule has 150 valence electrons. The molecule has 2 aromatic carbocycles. The topological polar surface area (TPSA) is 80.8 Å². The highest BCUT2D eigenvalue weighted by molar-refractivity contribution is 6.34. The number of Topliss-reactive ketones (excluding diaryl/α,β-unsaturated/α-hetero) is 1. The maximum absolute atomic E-state index is 12.9. The lowest BCUT2D eigenvalue weighted by atomic mass is 10.1. The van der Waals surface area contributed by atoms with E-state index in [1.54, 1.807) is 18.2 Å². The van der Waals surface area contributed by atoms with E-state index in [-0.39, 0.29) is 22.5 Å². The van der Waals surface area contributed by atoms with E-state index in [0.29, 0.717) is 17.9 Å². The molecule has 6 nitrogen and oxygen atoms in total. The van der Waals surface area contributed by atoms with Crippen LogP contribution in [0.2, 0.25) is 0 Å². The van der Waals surface area contributed by atoms with Gasteiger partial charge in [0.05, 0.1) is 29.0 Å². The van der Waals surface area contributed by atoms with Crippen molar-refractivity contribution in [2.24, 2.45) is 0 Å². The van der Waals surface area contributed by atoms with Crippen molar-refractivity contribution in [3.63, 3.8) is 0 Å². The van der Waals surface area contributed by atoms with Gasteiger partial charge in [0.15, 0.2) is 5.78 Å². The highest BCUT2D eigenvalue weighted by Crippen LogP contribution is 2.30. The predicted octanol–water partition coefficient (Wildman–Crippen LogP) is 4.43. The lowest BCUT2D eigenvalue weighted by molar-refractivity contribution is 0.0497. The van der Waals surface area contributed by atoms with E-state index in [1.165, 1.54) is 31.2 Å². The lowest BCUT2D eigenvalue weighted by Gasteiger charge is -2.14. The van der Waals surface area contributed by atoms with Crippen molar-refractivity contribution < 1.29 is 23.9 Å². The van der Waals surface area contributed by atoms with E-state index in [2.05, 4.69) is 6.92 Å². The summed E-state index contributed by atoms with van der Waals surface area (Å²) in [5.74, 6) is -1.68. The average molecular weight is 393 g/mol. The van der Waals surface area contributed by atoms with Crippen LogP contribution in [0.4, 0.5) is 5.69 Å². The third-order valence-electron chi connectivity index (χ3n) is 4.86. The monoisotopic (exact) mass is 393 g/mol. The highest BCUT2D eigenvalue weighted by Gasteiger charge is 2.37. The van der Waals surface area contributed by atoms with Crippen molar-refractivity contribution in [2.45, 2.75) is 39.5 Å². The summed E-state index contributed by atoms with van der Waals surface area (Å²) in [6.45, 7) is 3.85. The van der Waals surface area contributed by atoms with Gasteiger partial charge in [0, 0.05) is 5.56 Å². The first-order valence-electron chi connectivity index (χ1n) is 9.75. The number of carbonyl (C=O) groups is 4. The van der Waals surface area contributed by atoms with E-state index in [4.69, 9.17) is 4.74 Å². The van der Waals surface area contributed by atoms with Crippen LogP contribution < -0.4 is 4.90 Å². The van der Waals surface area contributed by atoms with Gasteiger partial charge in [-0.05, 0) is 43.7 Å². The first-order valence-corrected chi connectivity index (χ1v) is 9.75. The molecule has 29 heavy (non-hydrogen) atoms. The third kappa shape index (κ3) is 4.26. The molecule has 6 heteroatoms. The molecule has 1 heterocycles. The molecule has 0 bridgehead atoms. The third-order valence-corrected chi connectivity index (χ3v) is 4.86. The minimum Gasteiger partial charge on any atom is -0.462 e. The number of carbonyl (C=O) groups excluding carboxylic acids is 4. The Kier molecular flexibility index (Phi) is 6.22. The van der Waals surface area contributed by atoms with E-state index < -0.39 is 17.8 Å². The number of imide groups is 1. The Morgan fingerprint density at radius 2 is 1.66 bits per heavy atom. The summed E-state index contributed by atoms with van der Waals surface area (Å²) in [6.07, 6.45) is 3.98. The Bertz CT molecular complexity index is 979. The lowest BCUT2D eigenvalue weighted by Crippen LogP contribution is -2.29. The summed E-state index contributed by atoms with van der Waals surface area (Å²) in [6, 6.07) is 10.7. The van der Waals surface area contributed by atoms with Crippen molar-refractivity contribution in [1.29, 1.82) is 0 Å². The molecule has 3 rings (SSSR count). The van der Waals surface area contributed by atoms with Crippen LogP contribution in [-0.2, 0) is 4.74 Å². The van der Waals surface area contributed by atoms with E-state index in [0.717, 1.165) is 30.6 Å². The van der Waals surface area contributed by atoms with E-state index in [9.17, 15) is 19.2 Å². The zero-order valence-electron chi connectivity index (χ0n) is 16.6. The van der Waals surface area contributed by atoms with Crippen LogP contribution in [0.1, 0.15) is 81.0 Å². The van der Waals surface area contributed by atoms with Crippen molar-refractivity contribution in [1.82, 2.24) is 0 Å². The fourth-order valence-corrected chi connectivity index (χ4v) is 3.24. The van der Waals surface area contributed by atoms with Crippen LogP contribution >= 0.6 is 0 Å². The molecule has 0 aromatic heterocycles. The number of ketones is 1. The number of amides is 2. The molecule has 0 N–H and O–H groups in total. The molecule has 0 radical (unpaired) electrons. The van der Waals surface area contributed by atoms with Crippen LogP contribution in [0, 0.1) is 0 Å². The van der Waals surface area contributed by atoms with Crippen molar-refractivity contribution in [3.05, 3.63) is 64.7 Å². The van der Waals surface area contributed by atoms with Gasteiger partial charge >= 0.3 is 5.97 Å². The van der Waals surface area contributed by atoms with Crippen LogP contribution in [0.5, 0.6) is 0 Å². The molecule has 0 saturated heterocycles. The maximum Gasteiger partial charge on any atom is 0.338 e. The molecule has 2 aromatic rings. The van der Waals surface area contributed by atoms with Crippen molar-refractivity contribution in [3.8, 4) is 0 Å². The minimum atomic E-state index is -0.525.